The molecule has 2 aromatic carbocycles. The average molecular weight is 544 g/mol. The van der Waals surface area contributed by atoms with Crippen LogP contribution in [-0.2, 0) is 11.3 Å². The molecule has 6 nitrogen and oxygen atoms in total. The Kier molecular flexibility index (Phi) is 8.41. The van der Waals surface area contributed by atoms with Crippen LogP contribution in [0.4, 0.5) is 0 Å². The first kappa shape index (κ1) is 26.0. The van der Waals surface area contributed by atoms with E-state index in [1.807, 2.05) is 77.6 Å². The number of aromatic nitrogens is 2. The lowest BCUT2D eigenvalue weighted by Crippen LogP contribution is -2.27. The van der Waals surface area contributed by atoms with Gasteiger partial charge in [0.15, 0.2) is 0 Å². The molecule has 2 aromatic heterocycles. The summed E-state index contributed by atoms with van der Waals surface area (Å²) in [5.41, 5.74) is 3.49. The number of carbonyl (C=O) groups excluding carboxylic acids is 1. The number of ether oxygens (including phenoxy) is 1. The second-order valence-electron chi connectivity index (χ2n) is 8.99. The minimum atomic E-state index is -0.137. The number of benzene rings is 2. The Hall–Kier alpha value is -3.62. The lowest BCUT2D eigenvalue weighted by molar-refractivity contribution is -0.122. The predicted molar refractivity (Wildman–Crippen MR) is 156 cm³/mol. The van der Waals surface area contributed by atoms with Crippen molar-refractivity contribution < 1.29 is 13.9 Å². The van der Waals surface area contributed by atoms with Crippen molar-refractivity contribution in [2.24, 2.45) is 0 Å². The van der Waals surface area contributed by atoms with Gasteiger partial charge in [-0.3, -0.25) is 9.69 Å². The molecule has 1 fully saturated rings. The van der Waals surface area contributed by atoms with E-state index in [2.05, 4.69) is 6.92 Å². The standard InChI is InChI=1S/C30H29N3O3S2/c1-2-3-4-8-17-35-25-15-13-22(14-16-25)28-23(20-33(31-28)24-10-6-5-7-11-24)19-27-29(34)32(30(37)38-27)21-26-12-9-18-36-26/h5-7,9-16,18-20H,2-4,8,17,21H2,1H3. The van der Waals surface area contributed by atoms with Gasteiger partial charge in [-0.15, -0.1) is 0 Å². The minimum absolute atomic E-state index is 0.137. The molecule has 0 atom stereocenters. The maximum absolute atomic E-state index is 13.2. The van der Waals surface area contributed by atoms with E-state index >= 15 is 0 Å². The molecule has 1 aliphatic heterocycles. The first-order chi connectivity index (χ1) is 18.6. The Bertz CT molecular complexity index is 1410. The van der Waals surface area contributed by atoms with Gasteiger partial charge in [0, 0.05) is 17.3 Å². The fourth-order valence-corrected chi connectivity index (χ4v) is 5.44. The van der Waals surface area contributed by atoms with Crippen LogP contribution in [0, 0.1) is 0 Å². The Balaban J connectivity index is 1.41. The molecule has 3 heterocycles. The van der Waals surface area contributed by atoms with Gasteiger partial charge in [0.25, 0.3) is 5.91 Å². The number of para-hydroxylation sites is 1. The highest BCUT2D eigenvalue weighted by molar-refractivity contribution is 8.26. The summed E-state index contributed by atoms with van der Waals surface area (Å²) in [6.07, 6.45) is 10.1. The fourth-order valence-electron chi connectivity index (χ4n) is 4.19. The number of carbonyl (C=O) groups is 1. The van der Waals surface area contributed by atoms with Crippen LogP contribution in [0.5, 0.6) is 5.75 Å². The fraction of sp³-hybridized carbons (Fsp3) is 0.233. The zero-order valence-electron chi connectivity index (χ0n) is 21.2. The van der Waals surface area contributed by atoms with Gasteiger partial charge in [-0.1, -0.05) is 68.4 Å². The zero-order chi connectivity index (χ0) is 26.3. The van der Waals surface area contributed by atoms with Crippen LogP contribution >= 0.6 is 24.0 Å². The van der Waals surface area contributed by atoms with E-state index in [9.17, 15) is 4.79 Å². The molecule has 0 N–H and O–H groups in total. The van der Waals surface area contributed by atoms with E-state index in [-0.39, 0.29) is 5.91 Å². The van der Waals surface area contributed by atoms with E-state index in [1.165, 1.54) is 31.0 Å². The Morgan fingerprint density at radius 2 is 1.84 bits per heavy atom. The number of thioether (sulfide) groups is 1. The highest BCUT2D eigenvalue weighted by Crippen LogP contribution is 2.36. The first-order valence-electron chi connectivity index (χ1n) is 12.8. The van der Waals surface area contributed by atoms with E-state index in [0.717, 1.165) is 34.7 Å². The third-order valence-corrected chi connectivity index (χ3v) is 7.59. The summed E-state index contributed by atoms with van der Waals surface area (Å²) in [6, 6.07) is 21.5. The first-order valence-corrected chi connectivity index (χ1v) is 14.0. The minimum Gasteiger partial charge on any atom is -0.494 e. The van der Waals surface area contributed by atoms with Gasteiger partial charge in [-0.25, -0.2) is 4.68 Å². The van der Waals surface area contributed by atoms with Crippen LogP contribution in [0.15, 0.2) is 88.5 Å². The summed E-state index contributed by atoms with van der Waals surface area (Å²) in [4.78, 5) is 15.4. The van der Waals surface area contributed by atoms with Crippen molar-refractivity contribution in [3.8, 4) is 22.7 Å². The molecule has 0 radical (unpaired) electrons. The Morgan fingerprint density at radius 1 is 1.03 bits per heavy atom. The van der Waals surface area contributed by atoms with Crippen molar-refractivity contribution in [2.45, 2.75) is 39.2 Å². The summed E-state index contributed by atoms with van der Waals surface area (Å²) >= 11 is 6.81. The number of amides is 1. The summed E-state index contributed by atoms with van der Waals surface area (Å²) in [7, 11) is 0. The number of rotatable bonds is 11. The van der Waals surface area contributed by atoms with Crippen molar-refractivity contribution in [1.82, 2.24) is 14.7 Å². The number of furan rings is 1. The number of hydrogen-bond acceptors (Lipinski definition) is 6. The van der Waals surface area contributed by atoms with Gasteiger partial charge in [0.2, 0.25) is 0 Å². The van der Waals surface area contributed by atoms with Crippen molar-refractivity contribution in [2.75, 3.05) is 6.61 Å². The van der Waals surface area contributed by atoms with Crippen LogP contribution in [-0.4, -0.2) is 31.5 Å². The van der Waals surface area contributed by atoms with E-state index in [1.54, 1.807) is 17.2 Å². The maximum Gasteiger partial charge on any atom is 0.266 e. The summed E-state index contributed by atoms with van der Waals surface area (Å²) in [5.74, 6) is 1.39. The van der Waals surface area contributed by atoms with Gasteiger partial charge in [-0.05, 0) is 61.0 Å². The van der Waals surface area contributed by atoms with Crippen molar-refractivity contribution in [3.05, 3.63) is 95.4 Å². The number of unbranched alkanes of at least 4 members (excludes halogenated alkanes) is 3. The number of nitrogens with zero attached hydrogens (tertiary/aromatic N) is 3. The average Bonchev–Trinajstić information content (AvgIpc) is 3.67. The van der Waals surface area contributed by atoms with Gasteiger partial charge in [0.05, 0.1) is 35.7 Å². The van der Waals surface area contributed by atoms with Gasteiger partial charge in [-0.2, -0.15) is 5.10 Å². The second kappa shape index (κ2) is 12.3. The molecule has 1 amide bonds. The molecule has 0 aliphatic carbocycles. The Labute approximate surface area is 232 Å². The molecule has 4 aromatic rings. The quantitative estimate of drug-likeness (QED) is 0.111. The largest absolute Gasteiger partial charge is 0.494 e. The van der Waals surface area contributed by atoms with Crippen LogP contribution in [0.1, 0.15) is 43.9 Å². The molecule has 1 aliphatic rings. The molecular weight excluding hydrogens is 514 g/mol. The van der Waals surface area contributed by atoms with E-state index < -0.39 is 0 Å². The van der Waals surface area contributed by atoms with Crippen LogP contribution in [0.3, 0.4) is 0 Å². The molecule has 194 valence electrons. The molecule has 38 heavy (non-hydrogen) atoms. The van der Waals surface area contributed by atoms with Gasteiger partial charge in [0.1, 0.15) is 15.8 Å². The maximum atomic E-state index is 13.2. The monoisotopic (exact) mass is 543 g/mol. The number of thiocarbonyl (C=S) groups is 1. The highest BCUT2D eigenvalue weighted by atomic mass is 32.2. The topological polar surface area (TPSA) is 60.5 Å². The van der Waals surface area contributed by atoms with Crippen LogP contribution in [0.2, 0.25) is 0 Å². The molecule has 0 saturated carbocycles. The SMILES string of the molecule is CCCCCCOc1ccc(-c2nn(-c3ccccc3)cc2C=C2SC(=S)N(Cc3ccco3)C2=O)cc1. The molecule has 0 unspecified atom stereocenters. The van der Waals surface area contributed by atoms with Crippen LogP contribution < -0.4 is 4.74 Å². The Morgan fingerprint density at radius 3 is 2.58 bits per heavy atom. The normalized spacial score (nSPS) is 14.6. The molecule has 0 spiro atoms. The van der Waals surface area contributed by atoms with Crippen molar-refractivity contribution >= 4 is 40.3 Å². The molecule has 0 bridgehead atoms. The van der Waals surface area contributed by atoms with Gasteiger partial charge < -0.3 is 9.15 Å². The van der Waals surface area contributed by atoms with Crippen LogP contribution in [0.25, 0.3) is 23.0 Å². The summed E-state index contributed by atoms with van der Waals surface area (Å²) in [6.45, 7) is 3.23. The lowest BCUT2D eigenvalue weighted by atomic mass is 10.1. The zero-order valence-corrected chi connectivity index (χ0v) is 22.8. The third kappa shape index (κ3) is 6.09. The summed E-state index contributed by atoms with van der Waals surface area (Å²) in [5, 5.41) is 4.89. The summed E-state index contributed by atoms with van der Waals surface area (Å²) < 4.78 is 13.7. The molecule has 1 saturated heterocycles. The van der Waals surface area contributed by atoms with E-state index in [4.69, 9.17) is 26.5 Å². The molecule has 8 heteroatoms. The molecule has 5 rings (SSSR count). The molecular formula is C30H29N3O3S2. The predicted octanol–water partition coefficient (Wildman–Crippen LogP) is 7.49. The second-order valence-corrected chi connectivity index (χ2v) is 10.7. The van der Waals surface area contributed by atoms with Crippen molar-refractivity contribution in [1.29, 1.82) is 0 Å². The highest BCUT2D eigenvalue weighted by Gasteiger charge is 2.33. The lowest BCUT2D eigenvalue weighted by Gasteiger charge is -2.11. The van der Waals surface area contributed by atoms with Crippen molar-refractivity contribution in [3.63, 3.8) is 0 Å². The number of hydrogen-bond donors (Lipinski definition) is 0. The smallest absolute Gasteiger partial charge is 0.266 e. The van der Waals surface area contributed by atoms with E-state index in [0.29, 0.717) is 28.1 Å². The van der Waals surface area contributed by atoms with Gasteiger partial charge >= 0.3 is 0 Å². The third-order valence-electron chi connectivity index (χ3n) is 6.21.